The van der Waals surface area contributed by atoms with E-state index in [0.717, 1.165) is 33.4 Å². The van der Waals surface area contributed by atoms with E-state index in [1.165, 1.54) is 44.2 Å². The summed E-state index contributed by atoms with van der Waals surface area (Å²) >= 11 is 0. The van der Waals surface area contributed by atoms with Gasteiger partial charge in [-0.05, 0) is 75.8 Å². The zero-order chi connectivity index (χ0) is 38.6. The second-order valence-electron chi connectivity index (χ2n) is 14.7. The number of hydrogen-bond donors (Lipinski definition) is 0. The van der Waals surface area contributed by atoms with Crippen LogP contribution in [0.15, 0.2) is 200 Å². The van der Waals surface area contributed by atoms with Crippen molar-refractivity contribution in [3.63, 3.8) is 0 Å². The molecule has 0 N–H and O–H groups in total. The molecule has 10 aromatic rings. The molecule has 1 aliphatic carbocycles. The Hall–Kier alpha value is -7.94. The zero-order valence-corrected chi connectivity index (χ0v) is 31.3. The van der Waals surface area contributed by atoms with Crippen LogP contribution in [0.25, 0.3) is 72.8 Å². The van der Waals surface area contributed by atoms with E-state index in [0.29, 0.717) is 23.0 Å². The highest BCUT2D eigenvalue weighted by atomic mass is 15.0. The van der Waals surface area contributed by atoms with E-state index in [-0.39, 0.29) is 0 Å². The number of nitriles is 1. The smallest absolute Gasteiger partial charge is 0.164 e. The van der Waals surface area contributed by atoms with E-state index < -0.39 is 5.41 Å². The first-order chi connectivity index (χ1) is 28.7. The molecule has 58 heavy (non-hydrogen) atoms. The molecule has 2 heterocycles. The molecule has 0 fully saturated rings. The van der Waals surface area contributed by atoms with Gasteiger partial charge in [0, 0.05) is 33.2 Å². The molecule has 0 spiro atoms. The van der Waals surface area contributed by atoms with Crippen molar-refractivity contribution in [1.29, 1.82) is 5.26 Å². The maximum Gasteiger partial charge on any atom is 0.164 e. The van der Waals surface area contributed by atoms with E-state index >= 15 is 0 Å². The molecule has 0 saturated heterocycles. The molecule has 0 saturated carbocycles. The highest BCUT2D eigenvalue weighted by Crippen LogP contribution is 2.57. The standard InChI is InChI=1S/C53H33N5/c54-34-35-16-14-19-37(30-35)51-55-50(36-17-4-1-5-18-36)56-52(57-51)38-20-15-25-41(31-38)58-48-29-13-11-27-43(48)45-32-47-44(33-49(45)58)42-26-10-12-28-46(42)53(47,39-21-6-2-7-22-39)40-23-8-3-9-24-40/h1-33H. The van der Waals surface area contributed by atoms with Gasteiger partial charge in [0.05, 0.1) is 28.1 Å². The van der Waals surface area contributed by atoms with Crippen LogP contribution < -0.4 is 0 Å². The van der Waals surface area contributed by atoms with Crippen molar-refractivity contribution in [2.24, 2.45) is 0 Å². The number of rotatable bonds is 6. The van der Waals surface area contributed by atoms with Gasteiger partial charge in [-0.15, -0.1) is 0 Å². The lowest BCUT2D eigenvalue weighted by Gasteiger charge is -2.33. The first-order valence-electron chi connectivity index (χ1n) is 19.4. The zero-order valence-electron chi connectivity index (χ0n) is 31.3. The Morgan fingerprint density at radius 2 is 0.983 bits per heavy atom. The van der Waals surface area contributed by atoms with Crippen LogP contribution in [0.2, 0.25) is 0 Å². The van der Waals surface area contributed by atoms with Crippen LogP contribution in [0.5, 0.6) is 0 Å². The van der Waals surface area contributed by atoms with Gasteiger partial charge in [0.1, 0.15) is 0 Å². The second-order valence-corrected chi connectivity index (χ2v) is 14.7. The molecule has 0 aliphatic heterocycles. The third-order valence-corrected chi connectivity index (χ3v) is 11.5. The van der Waals surface area contributed by atoms with E-state index in [1.54, 1.807) is 6.07 Å². The van der Waals surface area contributed by atoms with Crippen LogP contribution in [-0.4, -0.2) is 19.5 Å². The molecule has 270 valence electrons. The average Bonchev–Trinajstić information content (AvgIpc) is 3.79. The molecule has 0 unspecified atom stereocenters. The molecule has 5 heteroatoms. The van der Waals surface area contributed by atoms with E-state index in [1.807, 2.05) is 48.5 Å². The van der Waals surface area contributed by atoms with E-state index in [4.69, 9.17) is 15.0 Å². The summed E-state index contributed by atoms with van der Waals surface area (Å²) in [6.07, 6.45) is 0. The van der Waals surface area contributed by atoms with Crippen LogP contribution in [0.4, 0.5) is 0 Å². The average molecular weight is 740 g/mol. The highest BCUT2D eigenvalue weighted by molar-refractivity contribution is 6.12. The minimum atomic E-state index is -0.495. The van der Waals surface area contributed by atoms with Gasteiger partial charge in [-0.1, -0.05) is 158 Å². The summed E-state index contributed by atoms with van der Waals surface area (Å²) in [5, 5.41) is 12.0. The Kier molecular flexibility index (Phi) is 7.70. The van der Waals surface area contributed by atoms with Gasteiger partial charge in [0.15, 0.2) is 17.5 Å². The predicted molar refractivity (Wildman–Crippen MR) is 232 cm³/mol. The van der Waals surface area contributed by atoms with Crippen molar-refractivity contribution < 1.29 is 0 Å². The van der Waals surface area contributed by atoms with Gasteiger partial charge in [0.2, 0.25) is 0 Å². The molecule has 8 aromatic carbocycles. The van der Waals surface area contributed by atoms with Crippen molar-refractivity contribution in [2.75, 3.05) is 0 Å². The Bertz CT molecular complexity index is 3200. The quantitative estimate of drug-likeness (QED) is 0.170. The Morgan fingerprint density at radius 1 is 0.414 bits per heavy atom. The molecule has 5 nitrogen and oxygen atoms in total. The lowest BCUT2D eigenvalue weighted by molar-refractivity contribution is 0.769. The molecule has 1 aliphatic rings. The maximum absolute atomic E-state index is 9.67. The van der Waals surface area contributed by atoms with Crippen molar-refractivity contribution in [2.45, 2.75) is 5.41 Å². The van der Waals surface area contributed by atoms with Crippen molar-refractivity contribution >= 4 is 21.8 Å². The molecule has 0 amide bonds. The lowest BCUT2D eigenvalue weighted by Crippen LogP contribution is -2.28. The third-order valence-electron chi connectivity index (χ3n) is 11.5. The molecule has 0 radical (unpaired) electrons. The monoisotopic (exact) mass is 739 g/mol. The summed E-state index contributed by atoms with van der Waals surface area (Å²) < 4.78 is 2.37. The maximum atomic E-state index is 9.67. The van der Waals surface area contributed by atoms with Gasteiger partial charge in [-0.3, -0.25) is 0 Å². The highest BCUT2D eigenvalue weighted by Gasteiger charge is 2.46. The first-order valence-corrected chi connectivity index (χ1v) is 19.4. The number of aromatic nitrogens is 4. The van der Waals surface area contributed by atoms with Crippen LogP contribution >= 0.6 is 0 Å². The second kappa shape index (κ2) is 13.4. The van der Waals surface area contributed by atoms with Gasteiger partial charge >= 0.3 is 0 Å². The summed E-state index contributed by atoms with van der Waals surface area (Å²) in [6, 6.07) is 72.4. The fourth-order valence-electron chi connectivity index (χ4n) is 9.04. The lowest BCUT2D eigenvalue weighted by atomic mass is 9.67. The van der Waals surface area contributed by atoms with Crippen molar-refractivity contribution in [3.8, 4) is 57.0 Å². The van der Waals surface area contributed by atoms with Gasteiger partial charge in [-0.2, -0.15) is 5.26 Å². The summed E-state index contributed by atoms with van der Waals surface area (Å²) in [5.74, 6) is 1.64. The van der Waals surface area contributed by atoms with Crippen LogP contribution in [0, 0.1) is 11.3 Å². The van der Waals surface area contributed by atoms with Crippen LogP contribution in [-0.2, 0) is 5.41 Å². The van der Waals surface area contributed by atoms with Crippen molar-refractivity contribution in [1.82, 2.24) is 19.5 Å². The predicted octanol–water partition coefficient (Wildman–Crippen LogP) is 12.2. The number of benzene rings is 8. The number of para-hydroxylation sites is 1. The summed E-state index contributed by atoms with van der Waals surface area (Å²) in [4.78, 5) is 15.0. The van der Waals surface area contributed by atoms with Gasteiger partial charge in [-0.25, -0.2) is 15.0 Å². The number of hydrogen-bond acceptors (Lipinski definition) is 4. The van der Waals surface area contributed by atoms with Gasteiger partial charge < -0.3 is 4.57 Å². The van der Waals surface area contributed by atoms with Crippen LogP contribution in [0.1, 0.15) is 27.8 Å². The fourth-order valence-corrected chi connectivity index (χ4v) is 9.04. The van der Waals surface area contributed by atoms with E-state index in [2.05, 4.69) is 156 Å². The molecule has 0 bridgehead atoms. The molecular weight excluding hydrogens is 707 g/mol. The van der Waals surface area contributed by atoms with Gasteiger partial charge in [0.25, 0.3) is 0 Å². The summed E-state index contributed by atoms with van der Waals surface area (Å²) in [6.45, 7) is 0. The summed E-state index contributed by atoms with van der Waals surface area (Å²) in [5.41, 5.74) is 13.3. The SMILES string of the molecule is N#Cc1cccc(-c2nc(-c3ccccc3)nc(-c3cccc(-n4c5ccccc5c5cc6c(cc54)-c4ccccc4C6(c4ccccc4)c4ccccc4)c3)n2)c1. The largest absolute Gasteiger partial charge is 0.309 e. The molecule has 2 aromatic heterocycles. The first kappa shape index (κ1) is 33.4. The van der Waals surface area contributed by atoms with Crippen LogP contribution in [0.3, 0.4) is 0 Å². The van der Waals surface area contributed by atoms with E-state index in [9.17, 15) is 5.26 Å². The minimum Gasteiger partial charge on any atom is -0.309 e. The third kappa shape index (κ3) is 5.13. The van der Waals surface area contributed by atoms with Crippen molar-refractivity contribution in [3.05, 3.63) is 228 Å². The molecule has 0 atom stereocenters. The minimum absolute atomic E-state index is 0.495. The normalized spacial score (nSPS) is 12.6. The Balaban J connectivity index is 1.15. The number of nitrogens with zero attached hydrogens (tertiary/aromatic N) is 5. The molecular formula is C53H33N5. The Labute approximate surface area is 335 Å². The topological polar surface area (TPSA) is 67.4 Å². The fraction of sp³-hybridized carbons (Fsp3) is 0.0189. The number of fused-ring (bicyclic) bond motifs is 6. The summed E-state index contributed by atoms with van der Waals surface area (Å²) in [7, 11) is 0. The Morgan fingerprint density at radius 3 is 1.69 bits per heavy atom. The molecule has 11 rings (SSSR count).